The fraction of sp³-hybridized carbons (Fsp3) is 0.222. The van der Waals surface area contributed by atoms with Crippen LogP contribution in [0.4, 0.5) is 5.82 Å². The van der Waals surface area contributed by atoms with Crippen LogP contribution >= 0.6 is 15.9 Å². The largest absolute Gasteiger partial charge is 0.383 e. The molecule has 0 bridgehead atoms. The highest BCUT2D eigenvalue weighted by atomic mass is 79.9. The number of aromatic nitrogens is 4. The van der Waals surface area contributed by atoms with E-state index in [-0.39, 0.29) is 17.3 Å². The van der Waals surface area contributed by atoms with Gasteiger partial charge in [0.2, 0.25) is 10.0 Å². The van der Waals surface area contributed by atoms with Crippen LogP contribution in [0.2, 0.25) is 0 Å². The summed E-state index contributed by atoms with van der Waals surface area (Å²) in [4.78, 5) is 7.62. The van der Waals surface area contributed by atoms with Crippen LogP contribution in [0.3, 0.4) is 0 Å². The Morgan fingerprint density at radius 2 is 2.21 bits per heavy atom. The Kier molecular flexibility index (Phi) is 4.12. The van der Waals surface area contributed by atoms with Crippen molar-refractivity contribution in [2.45, 2.75) is 11.3 Å². The zero-order valence-electron chi connectivity index (χ0n) is 9.67. The van der Waals surface area contributed by atoms with Crippen molar-refractivity contribution in [2.75, 3.05) is 12.3 Å². The minimum Gasteiger partial charge on any atom is -0.383 e. The van der Waals surface area contributed by atoms with Crippen molar-refractivity contribution in [1.82, 2.24) is 24.9 Å². The van der Waals surface area contributed by atoms with Gasteiger partial charge in [-0.05, 0) is 22.0 Å². The first kappa shape index (κ1) is 13.9. The van der Waals surface area contributed by atoms with Crippen LogP contribution in [-0.4, -0.2) is 35.1 Å². The van der Waals surface area contributed by atoms with E-state index >= 15 is 0 Å². The van der Waals surface area contributed by atoms with Gasteiger partial charge in [-0.3, -0.25) is 5.10 Å². The van der Waals surface area contributed by atoms with E-state index in [0.29, 0.717) is 16.7 Å². The van der Waals surface area contributed by atoms with Crippen molar-refractivity contribution in [3.05, 3.63) is 28.9 Å². The summed E-state index contributed by atoms with van der Waals surface area (Å²) in [6.45, 7) is 0.184. The number of nitrogens with zero attached hydrogens (tertiary/aromatic N) is 3. The van der Waals surface area contributed by atoms with Gasteiger partial charge in [-0.2, -0.15) is 5.10 Å². The molecule has 0 atom stereocenters. The monoisotopic (exact) mass is 346 g/mol. The highest BCUT2D eigenvalue weighted by Gasteiger charge is 2.18. The smallest absolute Gasteiger partial charge is 0.244 e. The molecule has 0 radical (unpaired) electrons. The number of nitrogens with two attached hydrogens (primary N) is 1. The second-order valence-corrected chi connectivity index (χ2v) is 6.27. The fourth-order valence-electron chi connectivity index (χ4n) is 1.38. The van der Waals surface area contributed by atoms with Crippen LogP contribution in [0.5, 0.6) is 0 Å². The maximum atomic E-state index is 12.0. The molecule has 102 valence electrons. The molecule has 4 N–H and O–H groups in total. The number of halogens is 1. The normalized spacial score (nSPS) is 11.6. The lowest BCUT2D eigenvalue weighted by molar-refractivity contribution is 0.581. The molecule has 0 unspecified atom stereocenters. The Morgan fingerprint density at radius 1 is 1.42 bits per heavy atom. The quantitative estimate of drug-likeness (QED) is 0.702. The van der Waals surface area contributed by atoms with Gasteiger partial charge in [0.15, 0.2) is 0 Å². The summed E-state index contributed by atoms with van der Waals surface area (Å²) in [6.07, 6.45) is 3.20. The highest BCUT2D eigenvalue weighted by Crippen LogP contribution is 2.20. The average molecular weight is 347 g/mol. The predicted octanol–water partition coefficient (Wildman–Crippen LogP) is 0.0654. The second kappa shape index (κ2) is 5.63. The minimum atomic E-state index is -3.70. The van der Waals surface area contributed by atoms with Crippen molar-refractivity contribution in [3.63, 3.8) is 0 Å². The molecule has 0 aliphatic rings. The molecule has 2 aromatic heterocycles. The number of H-pyrrole nitrogens is 1. The maximum absolute atomic E-state index is 12.0. The summed E-state index contributed by atoms with van der Waals surface area (Å²) in [5.41, 5.74) is 5.56. The molecule has 0 amide bonds. The van der Waals surface area contributed by atoms with Crippen molar-refractivity contribution in [1.29, 1.82) is 0 Å². The summed E-state index contributed by atoms with van der Waals surface area (Å²) in [7, 11) is -3.70. The van der Waals surface area contributed by atoms with E-state index in [0.717, 1.165) is 0 Å². The fourth-order valence-corrected chi connectivity index (χ4v) is 3.00. The van der Waals surface area contributed by atoms with Crippen molar-refractivity contribution < 1.29 is 8.42 Å². The van der Waals surface area contributed by atoms with Crippen molar-refractivity contribution >= 4 is 31.8 Å². The molecule has 2 heterocycles. The molecule has 0 saturated heterocycles. The lowest BCUT2D eigenvalue weighted by Gasteiger charge is -2.08. The molecular weight excluding hydrogens is 336 g/mol. The number of rotatable bonds is 5. The van der Waals surface area contributed by atoms with Gasteiger partial charge in [0, 0.05) is 23.6 Å². The third-order valence-corrected chi connectivity index (χ3v) is 4.18. The Bertz CT molecular complexity index is 657. The molecule has 0 aromatic carbocycles. The lowest BCUT2D eigenvalue weighted by atomic mass is 10.4. The van der Waals surface area contributed by atoms with Crippen LogP contribution in [-0.2, 0) is 16.4 Å². The van der Waals surface area contributed by atoms with Crippen molar-refractivity contribution in [3.8, 4) is 0 Å². The molecule has 0 aliphatic heterocycles. The summed E-state index contributed by atoms with van der Waals surface area (Å²) in [5, 5.41) is 6.31. The van der Waals surface area contributed by atoms with E-state index in [1.807, 2.05) is 0 Å². The number of nitrogen functional groups attached to an aromatic ring is 1. The number of hydrogen-bond acceptors (Lipinski definition) is 6. The van der Waals surface area contributed by atoms with Crippen LogP contribution < -0.4 is 10.5 Å². The average Bonchev–Trinajstić information content (AvgIpc) is 2.85. The molecule has 0 fully saturated rings. The Balaban J connectivity index is 2.07. The van der Waals surface area contributed by atoms with Gasteiger partial charge in [-0.25, -0.2) is 23.1 Å². The van der Waals surface area contributed by atoms with Gasteiger partial charge in [-0.1, -0.05) is 0 Å². The Morgan fingerprint density at radius 3 is 2.89 bits per heavy atom. The molecular formula is C9H11BrN6O2S. The SMILES string of the molecule is Nc1ncc(Br)cc1S(=O)(=O)NCCc1ncn[nH]1. The summed E-state index contributed by atoms with van der Waals surface area (Å²) >= 11 is 3.15. The van der Waals surface area contributed by atoms with E-state index in [2.05, 4.69) is 40.8 Å². The molecule has 19 heavy (non-hydrogen) atoms. The number of hydrogen-bond donors (Lipinski definition) is 3. The molecule has 10 heteroatoms. The third-order valence-electron chi connectivity index (χ3n) is 2.26. The van der Waals surface area contributed by atoms with Gasteiger partial charge >= 0.3 is 0 Å². The van der Waals surface area contributed by atoms with Gasteiger partial charge in [0.05, 0.1) is 0 Å². The summed E-state index contributed by atoms with van der Waals surface area (Å²) in [6, 6.07) is 1.40. The summed E-state index contributed by atoms with van der Waals surface area (Å²) < 4.78 is 27.0. The van der Waals surface area contributed by atoms with Gasteiger partial charge in [-0.15, -0.1) is 0 Å². The predicted molar refractivity (Wildman–Crippen MR) is 71.6 cm³/mol. The standard InChI is InChI=1S/C9H11BrN6O2S/c10-6-3-7(9(11)12-4-6)19(17,18)15-2-1-8-13-5-14-16-8/h3-5,15H,1-2H2,(H2,11,12)(H,13,14,16). The lowest BCUT2D eigenvalue weighted by Crippen LogP contribution is -2.27. The van der Waals surface area contributed by atoms with Crippen LogP contribution in [0, 0.1) is 0 Å². The molecule has 0 saturated carbocycles. The zero-order valence-corrected chi connectivity index (χ0v) is 12.1. The van der Waals surface area contributed by atoms with Crippen LogP contribution in [0.25, 0.3) is 0 Å². The van der Waals surface area contributed by atoms with Gasteiger partial charge in [0.25, 0.3) is 0 Å². The Labute approximate surface area is 118 Å². The number of pyridine rings is 1. The molecule has 8 nitrogen and oxygen atoms in total. The third kappa shape index (κ3) is 3.49. The molecule has 0 aliphatic carbocycles. The van der Waals surface area contributed by atoms with Crippen LogP contribution in [0.1, 0.15) is 5.82 Å². The first-order valence-corrected chi connectivity index (χ1v) is 7.51. The number of anilines is 1. The van der Waals surface area contributed by atoms with E-state index in [1.165, 1.54) is 18.6 Å². The first-order valence-electron chi connectivity index (χ1n) is 5.24. The van der Waals surface area contributed by atoms with E-state index in [4.69, 9.17) is 5.73 Å². The molecule has 0 spiro atoms. The topological polar surface area (TPSA) is 127 Å². The van der Waals surface area contributed by atoms with E-state index in [1.54, 1.807) is 0 Å². The second-order valence-electron chi connectivity index (χ2n) is 3.62. The number of sulfonamides is 1. The molecule has 2 rings (SSSR count). The first-order chi connectivity index (χ1) is 8.99. The number of aromatic amines is 1. The van der Waals surface area contributed by atoms with Gasteiger partial charge < -0.3 is 5.73 Å². The zero-order chi connectivity index (χ0) is 13.9. The van der Waals surface area contributed by atoms with E-state index in [9.17, 15) is 8.42 Å². The number of nitrogens with one attached hydrogen (secondary N) is 2. The van der Waals surface area contributed by atoms with Gasteiger partial charge in [0.1, 0.15) is 22.9 Å². The van der Waals surface area contributed by atoms with Crippen LogP contribution in [0.15, 0.2) is 28.0 Å². The minimum absolute atomic E-state index is 0.0460. The summed E-state index contributed by atoms with van der Waals surface area (Å²) in [5.74, 6) is 0.554. The Hall–Kier alpha value is -1.52. The van der Waals surface area contributed by atoms with E-state index < -0.39 is 10.0 Å². The van der Waals surface area contributed by atoms with Crippen molar-refractivity contribution in [2.24, 2.45) is 0 Å². The highest BCUT2D eigenvalue weighted by molar-refractivity contribution is 9.10. The maximum Gasteiger partial charge on any atom is 0.244 e. The molecule has 2 aromatic rings.